The maximum Gasteiger partial charge on any atom is 0.356 e. The fourth-order valence-electron chi connectivity index (χ4n) is 3.22. The highest BCUT2D eigenvalue weighted by atomic mass is 32.2. The second-order valence-corrected chi connectivity index (χ2v) is 7.72. The van der Waals surface area contributed by atoms with Gasteiger partial charge in [-0.15, -0.1) is 11.8 Å². The van der Waals surface area contributed by atoms with Gasteiger partial charge in [-0.1, -0.05) is 42.5 Å². The van der Waals surface area contributed by atoms with E-state index in [1.54, 1.807) is 24.7 Å². The molecule has 0 fully saturated rings. The number of ether oxygens (including phenoxy) is 1. The van der Waals surface area contributed by atoms with Gasteiger partial charge in [-0.25, -0.2) is 4.79 Å². The number of nitrogens with zero attached hydrogens (tertiary/aromatic N) is 3. The van der Waals surface area contributed by atoms with Gasteiger partial charge in [-0.3, -0.25) is 0 Å². The number of nitriles is 2. The first-order valence-corrected chi connectivity index (χ1v) is 10.5. The molecule has 0 spiro atoms. The van der Waals surface area contributed by atoms with Crippen molar-refractivity contribution in [2.24, 2.45) is 7.05 Å². The minimum absolute atomic E-state index is 0.289. The maximum absolute atomic E-state index is 12.3. The largest absolute Gasteiger partial charge is 0.461 e. The second kappa shape index (κ2) is 9.82. The van der Waals surface area contributed by atoms with Crippen LogP contribution in [0.4, 0.5) is 0 Å². The van der Waals surface area contributed by atoms with E-state index in [4.69, 9.17) is 4.74 Å². The van der Waals surface area contributed by atoms with Crippen LogP contribution in [0, 0.1) is 22.7 Å². The van der Waals surface area contributed by atoms with E-state index in [1.807, 2.05) is 48.5 Å². The highest BCUT2D eigenvalue weighted by molar-refractivity contribution is 7.99. The van der Waals surface area contributed by atoms with Crippen LogP contribution in [0.1, 0.15) is 34.1 Å². The molecule has 3 rings (SSSR count). The summed E-state index contributed by atoms with van der Waals surface area (Å²) in [4.78, 5) is 12.9. The summed E-state index contributed by atoms with van der Waals surface area (Å²) in [7, 11) is 1.74. The lowest BCUT2D eigenvalue weighted by Crippen LogP contribution is -2.10. The molecule has 150 valence electrons. The SMILES string of the molecule is CCOC(=O)c1c(SCCc2ccc(-c3ccccc3C#N)cc2)c(C#N)cn1C. The van der Waals surface area contributed by atoms with Crippen LogP contribution in [0.2, 0.25) is 0 Å². The third-order valence-electron chi connectivity index (χ3n) is 4.67. The first kappa shape index (κ1) is 21.2. The average Bonchev–Trinajstić information content (AvgIpc) is 3.09. The predicted octanol–water partition coefficient (Wildman–Crippen LogP) is 4.95. The fraction of sp³-hybridized carbons (Fsp3) is 0.208. The van der Waals surface area contributed by atoms with Crippen molar-refractivity contribution in [1.82, 2.24) is 4.57 Å². The maximum atomic E-state index is 12.3. The molecule has 1 heterocycles. The molecule has 1 aromatic heterocycles. The molecule has 0 atom stereocenters. The molecule has 2 aromatic carbocycles. The lowest BCUT2D eigenvalue weighted by atomic mass is 9.99. The number of aromatic nitrogens is 1. The van der Waals surface area contributed by atoms with Crippen LogP contribution in [0.15, 0.2) is 59.6 Å². The smallest absolute Gasteiger partial charge is 0.356 e. The minimum Gasteiger partial charge on any atom is -0.461 e. The third-order valence-corrected chi connectivity index (χ3v) is 5.78. The van der Waals surface area contributed by atoms with Crippen molar-refractivity contribution < 1.29 is 9.53 Å². The van der Waals surface area contributed by atoms with E-state index in [0.29, 0.717) is 21.7 Å². The molecule has 0 N–H and O–H groups in total. The van der Waals surface area contributed by atoms with E-state index in [2.05, 4.69) is 12.1 Å². The van der Waals surface area contributed by atoms with Crippen LogP contribution in [0.3, 0.4) is 0 Å². The Bertz CT molecular complexity index is 1130. The highest BCUT2D eigenvalue weighted by Gasteiger charge is 2.21. The molecule has 30 heavy (non-hydrogen) atoms. The summed E-state index contributed by atoms with van der Waals surface area (Å²) in [6.07, 6.45) is 2.45. The first-order valence-electron chi connectivity index (χ1n) is 9.56. The lowest BCUT2D eigenvalue weighted by molar-refractivity contribution is 0.0511. The topological polar surface area (TPSA) is 78.8 Å². The Hall–Kier alpha value is -3.48. The summed E-state index contributed by atoms with van der Waals surface area (Å²) >= 11 is 1.49. The Morgan fingerprint density at radius 3 is 2.43 bits per heavy atom. The normalized spacial score (nSPS) is 10.3. The molecular formula is C24H21N3O2S. The number of benzene rings is 2. The lowest BCUT2D eigenvalue weighted by Gasteiger charge is -2.08. The Morgan fingerprint density at radius 1 is 1.07 bits per heavy atom. The second-order valence-electron chi connectivity index (χ2n) is 6.62. The molecule has 3 aromatic rings. The van der Waals surface area contributed by atoms with Crippen molar-refractivity contribution in [3.05, 3.63) is 77.1 Å². The Labute approximate surface area is 180 Å². The molecular weight excluding hydrogens is 394 g/mol. The summed E-state index contributed by atoms with van der Waals surface area (Å²) in [5.74, 6) is 0.309. The van der Waals surface area contributed by atoms with Crippen LogP contribution < -0.4 is 0 Å². The van der Waals surface area contributed by atoms with E-state index >= 15 is 0 Å². The van der Waals surface area contributed by atoms with Crippen LogP contribution in [-0.4, -0.2) is 22.9 Å². The highest BCUT2D eigenvalue weighted by Crippen LogP contribution is 2.30. The van der Waals surface area contributed by atoms with Gasteiger partial charge >= 0.3 is 5.97 Å². The first-order chi connectivity index (χ1) is 14.6. The summed E-state index contributed by atoms with van der Waals surface area (Å²) < 4.78 is 6.79. The van der Waals surface area contributed by atoms with Crippen molar-refractivity contribution in [3.63, 3.8) is 0 Å². The van der Waals surface area contributed by atoms with Crippen molar-refractivity contribution in [3.8, 4) is 23.3 Å². The number of hydrogen-bond acceptors (Lipinski definition) is 5. The minimum atomic E-state index is -0.412. The number of aryl methyl sites for hydroxylation is 2. The molecule has 0 aliphatic heterocycles. The number of thioether (sulfide) groups is 1. The van der Waals surface area contributed by atoms with E-state index in [0.717, 1.165) is 28.9 Å². The fourth-order valence-corrected chi connectivity index (χ4v) is 4.38. The number of carbonyl (C=O) groups excluding carboxylic acids is 1. The zero-order valence-electron chi connectivity index (χ0n) is 16.9. The van der Waals surface area contributed by atoms with Crippen molar-refractivity contribution >= 4 is 17.7 Å². The molecule has 6 heteroatoms. The van der Waals surface area contributed by atoms with Crippen LogP contribution in [0.5, 0.6) is 0 Å². The average molecular weight is 416 g/mol. The summed E-state index contributed by atoms with van der Waals surface area (Å²) in [5, 5.41) is 18.7. The summed E-state index contributed by atoms with van der Waals surface area (Å²) in [5.41, 5.74) is 4.62. The van der Waals surface area contributed by atoms with Gasteiger partial charge in [0.05, 0.1) is 28.7 Å². The molecule has 0 aliphatic carbocycles. The predicted molar refractivity (Wildman–Crippen MR) is 117 cm³/mol. The van der Waals surface area contributed by atoms with Crippen LogP contribution in [0.25, 0.3) is 11.1 Å². The number of hydrogen-bond donors (Lipinski definition) is 0. The Morgan fingerprint density at radius 2 is 1.77 bits per heavy atom. The van der Waals surface area contributed by atoms with E-state index in [1.165, 1.54) is 11.8 Å². The monoisotopic (exact) mass is 415 g/mol. The molecule has 0 unspecified atom stereocenters. The van der Waals surface area contributed by atoms with Gasteiger partial charge in [0.2, 0.25) is 0 Å². The molecule has 0 radical (unpaired) electrons. The Kier molecular flexibility index (Phi) is 6.95. The van der Waals surface area contributed by atoms with Crippen molar-refractivity contribution in [2.45, 2.75) is 18.2 Å². The van der Waals surface area contributed by atoms with E-state index in [-0.39, 0.29) is 6.61 Å². The van der Waals surface area contributed by atoms with E-state index < -0.39 is 5.97 Å². The number of carbonyl (C=O) groups is 1. The van der Waals surface area contributed by atoms with Gasteiger partial charge in [0.25, 0.3) is 0 Å². The summed E-state index contributed by atoms with van der Waals surface area (Å²) in [6, 6.07) is 20.1. The molecule has 0 bridgehead atoms. The van der Waals surface area contributed by atoms with Gasteiger partial charge in [0.1, 0.15) is 11.8 Å². The molecule has 0 saturated heterocycles. The molecule has 0 saturated carbocycles. The van der Waals surface area contributed by atoms with Crippen LogP contribution in [-0.2, 0) is 18.2 Å². The van der Waals surface area contributed by atoms with Crippen molar-refractivity contribution in [2.75, 3.05) is 12.4 Å². The van der Waals surface area contributed by atoms with Gasteiger partial charge in [-0.05, 0) is 36.1 Å². The molecule has 5 nitrogen and oxygen atoms in total. The zero-order valence-corrected chi connectivity index (χ0v) is 17.7. The van der Waals surface area contributed by atoms with Crippen molar-refractivity contribution in [1.29, 1.82) is 10.5 Å². The van der Waals surface area contributed by atoms with Gasteiger partial charge in [0.15, 0.2) is 0 Å². The summed E-state index contributed by atoms with van der Waals surface area (Å²) in [6.45, 7) is 2.05. The van der Waals surface area contributed by atoms with Crippen LogP contribution >= 0.6 is 11.8 Å². The quantitative estimate of drug-likeness (QED) is 0.403. The Balaban J connectivity index is 1.71. The van der Waals surface area contributed by atoms with Gasteiger partial charge in [0, 0.05) is 19.0 Å². The van der Waals surface area contributed by atoms with E-state index in [9.17, 15) is 15.3 Å². The van der Waals surface area contributed by atoms with Gasteiger partial charge in [-0.2, -0.15) is 10.5 Å². The number of rotatable bonds is 7. The molecule has 0 amide bonds. The zero-order chi connectivity index (χ0) is 21.5. The molecule has 0 aliphatic rings. The number of esters is 1. The standard InChI is InChI=1S/C24H21N3O2S/c1-3-29-24(28)22-23(20(15-26)16-27(22)2)30-13-12-17-8-10-18(11-9-17)21-7-5-4-6-19(21)14-25/h4-11,16H,3,12-13H2,1-2H3. The van der Waals surface area contributed by atoms with Gasteiger partial charge < -0.3 is 9.30 Å². The third kappa shape index (κ3) is 4.56.